The molecule has 0 N–H and O–H groups in total. The Bertz CT molecular complexity index is 3390. The quantitative estimate of drug-likeness (QED) is 0.180. The average molecular weight is 747 g/mol. The average Bonchev–Trinajstić information content (AvgIpc) is 4.04. The zero-order valence-electron chi connectivity index (χ0n) is 31.9. The second kappa shape index (κ2) is 12.0. The Morgan fingerprint density at radius 1 is 0.345 bits per heavy atom. The molecule has 13 rings (SSSR count). The number of rotatable bonds is 4. The van der Waals surface area contributed by atoms with E-state index in [-0.39, 0.29) is 5.41 Å². The molecule has 0 amide bonds. The van der Waals surface area contributed by atoms with Crippen LogP contribution >= 0.6 is 0 Å². The van der Waals surface area contributed by atoms with Crippen molar-refractivity contribution in [2.45, 2.75) is 37.5 Å². The molecule has 1 saturated carbocycles. The fourth-order valence-corrected chi connectivity index (χ4v) is 10.8. The van der Waals surface area contributed by atoms with Gasteiger partial charge in [-0.05, 0) is 96.8 Å². The van der Waals surface area contributed by atoms with E-state index in [9.17, 15) is 0 Å². The van der Waals surface area contributed by atoms with Gasteiger partial charge in [-0.1, -0.05) is 116 Å². The van der Waals surface area contributed by atoms with Gasteiger partial charge in [0.05, 0.1) is 44.2 Å². The zero-order valence-corrected chi connectivity index (χ0v) is 31.9. The third-order valence-electron chi connectivity index (χ3n) is 13.4. The smallest absolute Gasteiger partial charge is 0.137 e. The van der Waals surface area contributed by atoms with Crippen LogP contribution in [0.3, 0.4) is 0 Å². The molecular weight excluding hydrogens is 709 g/mol. The lowest BCUT2D eigenvalue weighted by Gasteiger charge is -2.39. The van der Waals surface area contributed by atoms with Crippen LogP contribution in [0.2, 0.25) is 0 Å². The van der Waals surface area contributed by atoms with Crippen LogP contribution in [0.4, 0.5) is 0 Å². The molecule has 0 aliphatic heterocycles. The van der Waals surface area contributed by atoms with Crippen LogP contribution in [-0.4, -0.2) is 9.13 Å². The van der Waals surface area contributed by atoms with Crippen LogP contribution in [0.1, 0.15) is 43.2 Å². The van der Waals surface area contributed by atoms with Gasteiger partial charge in [-0.25, -0.2) is 0 Å². The lowest BCUT2D eigenvalue weighted by atomic mass is 9.65. The van der Waals surface area contributed by atoms with Crippen molar-refractivity contribution in [2.24, 2.45) is 0 Å². The molecule has 8 aromatic carbocycles. The highest BCUT2D eigenvalue weighted by Gasteiger charge is 2.37. The predicted molar refractivity (Wildman–Crippen MR) is 240 cm³/mol. The van der Waals surface area contributed by atoms with Crippen LogP contribution in [-0.2, 0) is 5.41 Å². The topological polar surface area (TPSA) is 36.1 Å². The van der Waals surface area contributed by atoms with Gasteiger partial charge in [0, 0.05) is 37.7 Å². The first kappa shape index (κ1) is 32.1. The van der Waals surface area contributed by atoms with Crippen molar-refractivity contribution in [1.29, 1.82) is 0 Å². The van der Waals surface area contributed by atoms with Crippen LogP contribution in [0.5, 0.6) is 0 Å². The highest BCUT2D eigenvalue weighted by molar-refractivity contribution is 6.16. The van der Waals surface area contributed by atoms with E-state index in [1.807, 2.05) is 12.1 Å². The maximum Gasteiger partial charge on any atom is 0.137 e. The zero-order chi connectivity index (χ0) is 38.0. The summed E-state index contributed by atoms with van der Waals surface area (Å²) in [6.45, 7) is 0. The number of nitrogens with zero attached hydrogens (tertiary/aromatic N) is 2. The van der Waals surface area contributed by atoms with Crippen molar-refractivity contribution >= 4 is 87.5 Å². The molecule has 0 atom stereocenters. The molecule has 4 nitrogen and oxygen atoms in total. The van der Waals surface area contributed by atoms with E-state index < -0.39 is 0 Å². The minimum Gasteiger partial charge on any atom is -0.456 e. The number of fused-ring (bicyclic) bond motifs is 12. The van der Waals surface area contributed by atoms with E-state index in [4.69, 9.17) is 8.83 Å². The fraction of sp³-hybridized carbons (Fsp3) is 0.111. The van der Waals surface area contributed by atoms with Crippen LogP contribution in [0.25, 0.3) is 98.9 Å². The summed E-state index contributed by atoms with van der Waals surface area (Å²) < 4.78 is 17.7. The molecule has 0 spiro atoms. The fourth-order valence-electron chi connectivity index (χ4n) is 10.8. The highest BCUT2D eigenvalue weighted by atomic mass is 16.3. The number of benzene rings is 8. The summed E-state index contributed by atoms with van der Waals surface area (Å²) in [7, 11) is 0. The molecule has 1 fully saturated rings. The first-order valence-corrected chi connectivity index (χ1v) is 20.6. The van der Waals surface area contributed by atoms with E-state index in [1.165, 1.54) is 74.0 Å². The van der Waals surface area contributed by atoms with E-state index in [2.05, 4.69) is 167 Å². The van der Waals surface area contributed by atoms with Gasteiger partial charge in [0.25, 0.3) is 0 Å². The van der Waals surface area contributed by atoms with Crippen LogP contribution in [0, 0.1) is 0 Å². The van der Waals surface area contributed by atoms with E-state index in [0.29, 0.717) is 0 Å². The van der Waals surface area contributed by atoms with Gasteiger partial charge in [-0.15, -0.1) is 0 Å². The Morgan fingerprint density at radius 2 is 0.759 bits per heavy atom. The first-order chi connectivity index (χ1) is 28.7. The van der Waals surface area contributed by atoms with E-state index in [1.54, 1.807) is 0 Å². The molecule has 0 radical (unpaired) electrons. The second-order valence-corrected chi connectivity index (χ2v) is 16.3. The van der Waals surface area contributed by atoms with Crippen LogP contribution < -0.4 is 0 Å². The molecule has 4 heteroatoms. The van der Waals surface area contributed by atoms with Crippen molar-refractivity contribution in [1.82, 2.24) is 9.13 Å². The maximum absolute atomic E-state index is 6.37. The van der Waals surface area contributed by atoms with Crippen molar-refractivity contribution in [3.63, 3.8) is 0 Å². The molecule has 0 bridgehead atoms. The Balaban J connectivity index is 1.03. The molecule has 4 aromatic heterocycles. The van der Waals surface area contributed by atoms with Crippen molar-refractivity contribution in [2.75, 3.05) is 0 Å². The number of furan rings is 2. The molecule has 1 aliphatic carbocycles. The monoisotopic (exact) mass is 746 g/mol. The summed E-state index contributed by atoms with van der Waals surface area (Å²) >= 11 is 0. The molecule has 12 aromatic rings. The summed E-state index contributed by atoms with van der Waals surface area (Å²) in [5, 5.41) is 9.72. The molecule has 4 heterocycles. The molecule has 0 unspecified atom stereocenters. The van der Waals surface area contributed by atoms with Gasteiger partial charge in [-0.2, -0.15) is 0 Å². The third kappa shape index (κ3) is 4.35. The van der Waals surface area contributed by atoms with Gasteiger partial charge in [0.2, 0.25) is 0 Å². The second-order valence-electron chi connectivity index (χ2n) is 16.3. The number of hydrogen-bond donors (Lipinski definition) is 0. The van der Waals surface area contributed by atoms with Gasteiger partial charge in [0.1, 0.15) is 22.3 Å². The number of hydrogen-bond acceptors (Lipinski definition) is 2. The molecular formula is C54H38N2O2. The molecule has 1 aliphatic rings. The highest BCUT2D eigenvalue weighted by Crippen LogP contribution is 2.49. The lowest BCUT2D eigenvalue weighted by Crippen LogP contribution is -2.30. The predicted octanol–water partition coefficient (Wildman–Crippen LogP) is 14.9. The Kier molecular flexibility index (Phi) is 6.63. The van der Waals surface area contributed by atoms with Gasteiger partial charge >= 0.3 is 0 Å². The largest absolute Gasteiger partial charge is 0.456 e. The summed E-state index contributed by atoms with van der Waals surface area (Å²) in [5.41, 5.74) is 13.5. The Morgan fingerprint density at radius 3 is 1.26 bits per heavy atom. The lowest BCUT2D eigenvalue weighted by molar-refractivity contribution is 0.346. The first-order valence-electron chi connectivity index (χ1n) is 20.6. The van der Waals surface area contributed by atoms with Gasteiger partial charge in [-0.3, -0.25) is 0 Å². The summed E-state index contributed by atoms with van der Waals surface area (Å²) in [5.74, 6) is 0. The van der Waals surface area contributed by atoms with E-state index >= 15 is 0 Å². The third-order valence-corrected chi connectivity index (χ3v) is 13.4. The van der Waals surface area contributed by atoms with Gasteiger partial charge in [0.15, 0.2) is 0 Å². The van der Waals surface area contributed by atoms with Crippen molar-refractivity contribution in [3.8, 4) is 11.4 Å². The molecule has 276 valence electrons. The Hall–Kier alpha value is -7.04. The van der Waals surface area contributed by atoms with Gasteiger partial charge < -0.3 is 18.0 Å². The molecule has 58 heavy (non-hydrogen) atoms. The normalized spacial score (nSPS) is 14.7. The number of para-hydroxylation sites is 4. The SMILES string of the molecule is c1ccc2c(c1)oc1cccc(-n3c4ccccc4c4cc(C5(c6ccc7c(c6)c6ccccc6n7-c6cccc7oc8ccccc8c67)CCCCC5)ccc43)c12. The standard InChI is InChI=1S/C54H38N2O2/c1-10-30-54(31-11-1,34-26-28-44-40(32-34)36-14-2-6-18-42(36)55(44)46-20-12-24-50-52(46)38-16-4-8-22-48(38)57-50)35-27-29-45-41(33-35)37-15-3-7-19-43(37)56(45)47-21-13-25-51-53(47)39-17-5-9-23-49(39)58-51/h2-9,12-29,32-33H,1,10-11,30-31H2. The number of aromatic nitrogens is 2. The summed E-state index contributed by atoms with van der Waals surface area (Å²) in [6.07, 6.45) is 5.95. The molecule has 0 saturated heterocycles. The van der Waals surface area contributed by atoms with E-state index in [0.717, 1.165) is 68.1 Å². The minimum atomic E-state index is -0.103. The minimum absolute atomic E-state index is 0.103. The summed E-state index contributed by atoms with van der Waals surface area (Å²) in [4.78, 5) is 0. The summed E-state index contributed by atoms with van der Waals surface area (Å²) in [6, 6.07) is 62.2. The van der Waals surface area contributed by atoms with Crippen molar-refractivity contribution in [3.05, 3.63) is 181 Å². The van der Waals surface area contributed by atoms with Crippen molar-refractivity contribution < 1.29 is 8.83 Å². The Labute approximate surface area is 334 Å². The van der Waals surface area contributed by atoms with Crippen LogP contribution in [0.15, 0.2) is 179 Å². The maximum atomic E-state index is 6.37.